The van der Waals surface area contributed by atoms with Gasteiger partial charge in [0.1, 0.15) is 6.61 Å². The molecule has 9 heteroatoms. The van der Waals surface area contributed by atoms with Crippen LogP contribution in [-0.2, 0) is 28.2 Å². The molecule has 0 aromatic carbocycles. The standard InChI is InChI=1S/C44H83O8P/c1-3-5-7-9-11-13-15-17-19-21-23-24-26-28-30-32-34-36-38-43(45)50-40-42(41-51-53(47,48)49)52-44(46)39-37-35-33-31-29-27-25-22-20-18-16-14-12-10-8-6-4-2/h12,14,18,20,42H,3-11,13,15-17,19,21-41H2,1-2H3,(H2,47,48,49)/b14-12+,20-18+/t42-/m1/s1. The molecule has 0 heterocycles. The molecule has 0 rings (SSSR count). The molecule has 1 atom stereocenters. The molecule has 0 aliphatic rings. The highest BCUT2D eigenvalue weighted by molar-refractivity contribution is 7.46. The van der Waals surface area contributed by atoms with Crippen molar-refractivity contribution >= 4 is 19.8 Å². The molecule has 0 aromatic heterocycles. The summed E-state index contributed by atoms with van der Waals surface area (Å²) in [4.78, 5) is 42.9. The normalized spacial score (nSPS) is 12.6. The van der Waals surface area contributed by atoms with Crippen LogP contribution in [0.4, 0.5) is 0 Å². The first-order valence-corrected chi connectivity index (χ1v) is 23.7. The van der Waals surface area contributed by atoms with E-state index in [0.29, 0.717) is 6.42 Å². The fourth-order valence-electron chi connectivity index (χ4n) is 6.40. The molecule has 312 valence electrons. The lowest BCUT2D eigenvalue weighted by atomic mass is 10.0. The molecule has 0 spiro atoms. The van der Waals surface area contributed by atoms with Gasteiger partial charge >= 0.3 is 19.8 Å². The Kier molecular flexibility index (Phi) is 39.1. The molecule has 0 fully saturated rings. The third kappa shape index (κ3) is 43.1. The number of hydrogen-bond acceptors (Lipinski definition) is 6. The SMILES string of the molecule is CCCCC/C=C/C/C=C/CCCCCCCCCC(=O)O[C@H](COC(=O)CCCCCCCCCCCCCCCCCCCC)COP(=O)(O)O. The lowest BCUT2D eigenvalue weighted by Crippen LogP contribution is -2.29. The zero-order chi connectivity index (χ0) is 38.9. The number of esters is 2. The summed E-state index contributed by atoms with van der Waals surface area (Å²) in [7, 11) is -4.75. The van der Waals surface area contributed by atoms with Crippen LogP contribution >= 0.6 is 7.82 Å². The number of ether oxygens (including phenoxy) is 2. The summed E-state index contributed by atoms with van der Waals surface area (Å²) in [5.41, 5.74) is 0. The lowest BCUT2D eigenvalue weighted by Gasteiger charge is -2.18. The summed E-state index contributed by atoms with van der Waals surface area (Å²) in [5, 5.41) is 0. The molecule has 53 heavy (non-hydrogen) atoms. The molecule has 0 radical (unpaired) electrons. The zero-order valence-corrected chi connectivity index (χ0v) is 35.3. The first-order chi connectivity index (χ1) is 25.8. The van der Waals surface area contributed by atoms with E-state index >= 15 is 0 Å². The average molecular weight is 771 g/mol. The van der Waals surface area contributed by atoms with Gasteiger partial charge in [-0.05, 0) is 44.9 Å². The number of carbonyl (C=O) groups is 2. The van der Waals surface area contributed by atoms with Gasteiger partial charge in [0.15, 0.2) is 6.10 Å². The van der Waals surface area contributed by atoms with E-state index in [1.54, 1.807) is 0 Å². The van der Waals surface area contributed by atoms with Crippen molar-refractivity contribution in [2.45, 2.75) is 232 Å². The van der Waals surface area contributed by atoms with Crippen molar-refractivity contribution in [2.24, 2.45) is 0 Å². The highest BCUT2D eigenvalue weighted by atomic mass is 31.2. The van der Waals surface area contributed by atoms with Crippen molar-refractivity contribution < 1.29 is 37.9 Å². The Balaban J connectivity index is 3.87. The van der Waals surface area contributed by atoms with E-state index in [9.17, 15) is 14.2 Å². The highest BCUT2D eigenvalue weighted by Crippen LogP contribution is 2.36. The monoisotopic (exact) mass is 771 g/mol. The molecular weight excluding hydrogens is 687 g/mol. The van der Waals surface area contributed by atoms with Gasteiger partial charge in [0.25, 0.3) is 0 Å². The van der Waals surface area contributed by atoms with Gasteiger partial charge in [0.2, 0.25) is 0 Å². The fraction of sp³-hybridized carbons (Fsp3) is 0.864. The van der Waals surface area contributed by atoms with E-state index in [1.807, 2.05) is 0 Å². The molecule has 8 nitrogen and oxygen atoms in total. The molecule has 0 unspecified atom stereocenters. The second kappa shape index (κ2) is 40.2. The summed E-state index contributed by atoms with van der Waals surface area (Å²) >= 11 is 0. The molecule has 0 amide bonds. The number of allylic oxidation sites excluding steroid dienone is 4. The molecule has 0 aliphatic heterocycles. The van der Waals surface area contributed by atoms with Gasteiger partial charge in [0, 0.05) is 12.8 Å². The summed E-state index contributed by atoms with van der Waals surface area (Å²) in [5.74, 6) is -0.883. The second-order valence-corrected chi connectivity index (χ2v) is 16.3. The molecule has 2 N–H and O–H groups in total. The summed E-state index contributed by atoms with van der Waals surface area (Å²) in [6.07, 6.45) is 46.1. The molecule has 0 aliphatic carbocycles. The van der Waals surface area contributed by atoms with Crippen molar-refractivity contribution in [1.29, 1.82) is 0 Å². The van der Waals surface area contributed by atoms with Crippen molar-refractivity contribution in [3.05, 3.63) is 24.3 Å². The first kappa shape index (κ1) is 51.5. The van der Waals surface area contributed by atoms with Crippen LogP contribution in [-0.4, -0.2) is 41.0 Å². The number of phosphoric ester groups is 1. The molecule has 0 saturated carbocycles. The number of rotatable bonds is 41. The first-order valence-electron chi connectivity index (χ1n) is 22.1. The Morgan fingerprint density at radius 3 is 1.28 bits per heavy atom. The maximum absolute atomic E-state index is 12.4. The van der Waals surface area contributed by atoms with Gasteiger partial charge in [-0.15, -0.1) is 0 Å². The number of hydrogen-bond donors (Lipinski definition) is 2. The Morgan fingerprint density at radius 2 is 0.849 bits per heavy atom. The minimum absolute atomic E-state index is 0.206. The number of phosphoric acid groups is 1. The zero-order valence-electron chi connectivity index (χ0n) is 34.4. The minimum atomic E-state index is -4.75. The maximum Gasteiger partial charge on any atom is 0.469 e. The van der Waals surface area contributed by atoms with Crippen molar-refractivity contribution in [1.82, 2.24) is 0 Å². The van der Waals surface area contributed by atoms with E-state index in [4.69, 9.17) is 19.3 Å². The maximum atomic E-state index is 12.4. The Hall–Kier alpha value is -1.47. The van der Waals surface area contributed by atoms with E-state index in [0.717, 1.165) is 51.4 Å². The smallest absolute Gasteiger partial charge is 0.462 e. The Labute approximate surface area is 326 Å². The van der Waals surface area contributed by atoms with Crippen LogP contribution < -0.4 is 0 Å². The predicted octanol–water partition coefficient (Wildman–Crippen LogP) is 13.6. The molecule has 0 bridgehead atoms. The van der Waals surface area contributed by atoms with Crippen LogP contribution in [0.25, 0.3) is 0 Å². The third-order valence-electron chi connectivity index (χ3n) is 9.72. The highest BCUT2D eigenvalue weighted by Gasteiger charge is 2.22. The van der Waals surface area contributed by atoms with E-state index in [1.165, 1.54) is 141 Å². The number of carbonyl (C=O) groups excluding carboxylic acids is 2. The fourth-order valence-corrected chi connectivity index (χ4v) is 6.77. The third-order valence-corrected chi connectivity index (χ3v) is 10.2. The summed E-state index contributed by atoms with van der Waals surface area (Å²) in [6.45, 7) is 3.68. The van der Waals surface area contributed by atoms with Crippen LogP contribution in [0.3, 0.4) is 0 Å². The van der Waals surface area contributed by atoms with Gasteiger partial charge in [-0.25, -0.2) is 4.57 Å². The second-order valence-electron chi connectivity index (χ2n) is 15.0. The molecular formula is C44H83O8P. The van der Waals surface area contributed by atoms with Crippen LogP contribution in [0.15, 0.2) is 24.3 Å². The van der Waals surface area contributed by atoms with E-state index < -0.39 is 32.5 Å². The van der Waals surface area contributed by atoms with Gasteiger partial charge in [-0.3, -0.25) is 14.1 Å². The average Bonchev–Trinajstić information content (AvgIpc) is 3.13. The van der Waals surface area contributed by atoms with Gasteiger partial charge < -0.3 is 19.3 Å². The van der Waals surface area contributed by atoms with Crippen molar-refractivity contribution in [3.63, 3.8) is 0 Å². The van der Waals surface area contributed by atoms with Gasteiger partial charge in [-0.1, -0.05) is 192 Å². The molecule has 0 saturated heterocycles. The van der Waals surface area contributed by atoms with Crippen molar-refractivity contribution in [3.8, 4) is 0 Å². The Morgan fingerprint density at radius 1 is 0.491 bits per heavy atom. The van der Waals surface area contributed by atoms with Crippen LogP contribution in [0.2, 0.25) is 0 Å². The largest absolute Gasteiger partial charge is 0.469 e. The predicted molar refractivity (Wildman–Crippen MR) is 221 cm³/mol. The van der Waals surface area contributed by atoms with Crippen LogP contribution in [0, 0.1) is 0 Å². The van der Waals surface area contributed by atoms with E-state index in [-0.39, 0.29) is 19.4 Å². The minimum Gasteiger partial charge on any atom is -0.462 e. The van der Waals surface area contributed by atoms with Crippen LogP contribution in [0.5, 0.6) is 0 Å². The molecule has 0 aromatic rings. The summed E-state index contributed by atoms with van der Waals surface area (Å²) in [6, 6.07) is 0. The van der Waals surface area contributed by atoms with Crippen molar-refractivity contribution in [2.75, 3.05) is 13.2 Å². The lowest BCUT2D eigenvalue weighted by molar-refractivity contribution is -0.161. The number of unbranched alkanes of at least 4 members (excludes halogenated alkanes) is 27. The van der Waals surface area contributed by atoms with Gasteiger partial charge in [-0.2, -0.15) is 0 Å². The topological polar surface area (TPSA) is 119 Å². The van der Waals surface area contributed by atoms with E-state index in [2.05, 4.69) is 42.7 Å². The quantitative estimate of drug-likeness (QED) is 0.0273. The van der Waals surface area contributed by atoms with Crippen LogP contribution in [0.1, 0.15) is 226 Å². The Bertz CT molecular complexity index is 915. The van der Waals surface area contributed by atoms with Gasteiger partial charge in [0.05, 0.1) is 6.61 Å². The summed E-state index contributed by atoms with van der Waals surface area (Å²) < 4.78 is 26.4.